The second kappa shape index (κ2) is 8.98. The number of nitrogens with two attached hydrogens (primary N) is 1. The molecule has 0 aromatic heterocycles. The number of halogens is 1. The highest BCUT2D eigenvalue weighted by atomic mass is 79.9. The summed E-state index contributed by atoms with van der Waals surface area (Å²) in [7, 11) is 0. The number of amides is 1. The monoisotopic (exact) mass is 526 g/mol. The Hall–Kier alpha value is -3.59. The first-order valence-electron chi connectivity index (χ1n) is 10.7. The van der Waals surface area contributed by atoms with E-state index in [0.29, 0.717) is 21.3 Å². The van der Waals surface area contributed by atoms with Crippen molar-refractivity contribution in [1.82, 2.24) is 0 Å². The molecular formula is C25H23BrN2O6. The first-order chi connectivity index (χ1) is 16.2. The van der Waals surface area contributed by atoms with E-state index in [9.17, 15) is 14.4 Å². The third kappa shape index (κ3) is 3.66. The summed E-state index contributed by atoms with van der Waals surface area (Å²) in [5, 5.41) is 2.79. The molecule has 2 aromatic rings. The van der Waals surface area contributed by atoms with Gasteiger partial charge in [0, 0.05) is 21.3 Å². The SMILES string of the molecule is CCOC(=O)C1=C(c2ccccc2)OC(N)=C(C(=O)OC(C)C)C12C(=O)Nc1ccc(Br)cc12. The van der Waals surface area contributed by atoms with Crippen molar-refractivity contribution in [2.75, 3.05) is 11.9 Å². The standard InChI is InChI=1S/C25H23BrN2O6/c1-4-32-22(29)18-20(14-8-6-5-7-9-14)34-21(27)19(23(30)33-13(2)3)25(18)16-12-15(26)10-11-17(16)28-24(25)31/h5-13H,4,27H2,1-3H3,(H,28,31). The fourth-order valence-corrected chi connectivity index (χ4v) is 4.59. The van der Waals surface area contributed by atoms with Crippen LogP contribution in [0.1, 0.15) is 31.9 Å². The van der Waals surface area contributed by atoms with E-state index in [1.807, 2.05) is 0 Å². The zero-order valence-electron chi connectivity index (χ0n) is 18.8. The van der Waals surface area contributed by atoms with Gasteiger partial charge in [0.15, 0.2) is 0 Å². The summed E-state index contributed by atoms with van der Waals surface area (Å²) in [5.74, 6) is -2.63. The van der Waals surface area contributed by atoms with Crippen molar-refractivity contribution in [2.24, 2.45) is 5.73 Å². The summed E-state index contributed by atoms with van der Waals surface area (Å²) in [6, 6.07) is 13.8. The summed E-state index contributed by atoms with van der Waals surface area (Å²) in [4.78, 5) is 40.7. The van der Waals surface area contributed by atoms with Crippen molar-refractivity contribution in [3.8, 4) is 0 Å². The average Bonchev–Trinajstić information content (AvgIpc) is 3.05. The van der Waals surface area contributed by atoms with Gasteiger partial charge in [-0.2, -0.15) is 0 Å². The summed E-state index contributed by atoms with van der Waals surface area (Å²) in [6.07, 6.45) is -0.512. The number of ether oxygens (including phenoxy) is 3. The second-order valence-corrected chi connectivity index (χ2v) is 8.90. The molecule has 2 aliphatic heterocycles. The van der Waals surface area contributed by atoms with Crippen LogP contribution in [0.5, 0.6) is 0 Å². The number of anilines is 1. The van der Waals surface area contributed by atoms with Crippen molar-refractivity contribution < 1.29 is 28.6 Å². The van der Waals surface area contributed by atoms with Crippen molar-refractivity contribution in [3.63, 3.8) is 0 Å². The molecule has 1 unspecified atom stereocenters. The highest BCUT2D eigenvalue weighted by molar-refractivity contribution is 9.10. The minimum Gasteiger partial charge on any atom is -0.462 e. The molecule has 9 heteroatoms. The van der Waals surface area contributed by atoms with Crippen LogP contribution < -0.4 is 11.1 Å². The Balaban J connectivity index is 2.13. The number of rotatable bonds is 5. The summed E-state index contributed by atoms with van der Waals surface area (Å²) < 4.78 is 17.3. The molecule has 0 radical (unpaired) electrons. The van der Waals surface area contributed by atoms with Gasteiger partial charge in [0.05, 0.1) is 12.7 Å². The first-order valence-corrected chi connectivity index (χ1v) is 11.5. The minimum atomic E-state index is -1.95. The predicted octanol–water partition coefficient (Wildman–Crippen LogP) is 3.77. The van der Waals surface area contributed by atoms with Gasteiger partial charge in [0.1, 0.15) is 22.3 Å². The number of nitrogens with one attached hydrogen (secondary N) is 1. The quantitative estimate of drug-likeness (QED) is 0.569. The molecule has 34 heavy (non-hydrogen) atoms. The van der Waals surface area contributed by atoms with Gasteiger partial charge < -0.3 is 25.3 Å². The van der Waals surface area contributed by atoms with Crippen LogP contribution in [0, 0.1) is 0 Å². The molecule has 3 N–H and O–H groups in total. The molecule has 0 bridgehead atoms. The smallest absolute Gasteiger partial charge is 0.341 e. The number of esters is 2. The molecule has 1 atom stereocenters. The van der Waals surface area contributed by atoms with Gasteiger partial charge in [0.25, 0.3) is 0 Å². The lowest BCUT2D eigenvalue weighted by atomic mass is 9.67. The Morgan fingerprint density at radius 3 is 2.47 bits per heavy atom. The highest BCUT2D eigenvalue weighted by Gasteiger charge is 2.62. The van der Waals surface area contributed by atoms with Gasteiger partial charge in [-0.25, -0.2) is 9.59 Å². The van der Waals surface area contributed by atoms with Gasteiger partial charge >= 0.3 is 11.9 Å². The van der Waals surface area contributed by atoms with Crippen molar-refractivity contribution in [1.29, 1.82) is 0 Å². The number of carbonyl (C=O) groups excluding carboxylic acids is 3. The van der Waals surface area contributed by atoms with E-state index in [1.165, 1.54) is 0 Å². The normalized spacial score (nSPS) is 19.1. The van der Waals surface area contributed by atoms with Crippen LogP contribution in [-0.2, 0) is 34.0 Å². The number of fused-ring (bicyclic) bond motifs is 2. The number of hydrogen-bond acceptors (Lipinski definition) is 7. The predicted molar refractivity (Wildman–Crippen MR) is 128 cm³/mol. The van der Waals surface area contributed by atoms with E-state index in [2.05, 4.69) is 21.2 Å². The molecule has 4 rings (SSSR count). The molecule has 1 spiro atoms. The van der Waals surface area contributed by atoms with Crippen LogP contribution in [0.2, 0.25) is 0 Å². The Bertz CT molecular complexity index is 1250. The summed E-state index contributed by atoms with van der Waals surface area (Å²) >= 11 is 3.43. The lowest BCUT2D eigenvalue weighted by molar-refractivity contribution is -0.145. The van der Waals surface area contributed by atoms with Crippen LogP contribution in [0.4, 0.5) is 5.69 Å². The number of carbonyl (C=O) groups is 3. The zero-order chi connectivity index (χ0) is 24.6. The molecule has 1 amide bonds. The van der Waals surface area contributed by atoms with E-state index in [0.717, 1.165) is 0 Å². The van der Waals surface area contributed by atoms with Crippen LogP contribution in [-0.4, -0.2) is 30.6 Å². The Morgan fingerprint density at radius 2 is 1.82 bits per heavy atom. The van der Waals surface area contributed by atoms with E-state index < -0.39 is 29.4 Å². The highest BCUT2D eigenvalue weighted by Crippen LogP contribution is 2.54. The van der Waals surface area contributed by atoms with E-state index in [4.69, 9.17) is 19.9 Å². The van der Waals surface area contributed by atoms with Gasteiger partial charge in [0.2, 0.25) is 11.8 Å². The van der Waals surface area contributed by atoms with Gasteiger partial charge in [-0.05, 0) is 39.0 Å². The molecule has 0 fully saturated rings. The number of hydrogen-bond donors (Lipinski definition) is 2. The molecule has 8 nitrogen and oxygen atoms in total. The number of benzene rings is 2. The summed E-state index contributed by atoms with van der Waals surface area (Å²) in [6.45, 7) is 5.02. The third-order valence-electron chi connectivity index (χ3n) is 5.47. The van der Waals surface area contributed by atoms with Crippen LogP contribution in [0.25, 0.3) is 5.76 Å². The van der Waals surface area contributed by atoms with Crippen molar-refractivity contribution in [3.05, 3.63) is 81.2 Å². The molecule has 0 aliphatic carbocycles. The largest absolute Gasteiger partial charge is 0.462 e. The third-order valence-corrected chi connectivity index (χ3v) is 5.97. The Morgan fingerprint density at radius 1 is 1.12 bits per heavy atom. The van der Waals surface area contributed by atoms with Crippen LogP contribution in [0.15, 0.2) is 70.0 Å². The first kappa shape index (κ1) is 23.6. The summed E-state index contributed by atoms with van der Waals surface area (Å²) in [5.41, 5.74) is 5.19. The lowest BCUT2D eigenvalue weighted by Crippen LogP contribution is -2.48. The molecular weight excluding hydrogens is 504 g/mol. The Labute approximate surface area is 204 Å². The maximum absolute atomic E-state index is 13.8. The van der Waals surface area contributed by atoms with Crippen molar-refractivity contribution in [2.45, 2.75) is 32.3 Å². The van der Waals surface area contributed by atoms with E-state index in [-0.39, 0.29) is 29.4 Å². The van der Waals surface area contributed by atoms with E-state index >= 15 is 0 Å². The zero-order valence-corrected chi connectivity index (χ0v) is 20.4. The molecule has 176 valence electrons. The fourth-order valence-electron chi connectivity index (χ4n) is 4.23. The minimum absolute atomic E-state index is 0.0284. The van der Waals surface area contributed by atoms with Crippen LogP contribution in [0.3, 0.4) is 0 Å². The van der Waals surface area contributed by atoms with Gasteiger partial charge in [-0.3, -0.25) is 4.79 Å². The van der Waals surface area contributed by atoms with Gasteiger partial charge in [-0.15, -0.1) is 0 Å². The molecule has 2 aromatic carbocycles. The second-order valence-electron chi connectivity index (χ2n) is 7.98. The molecule has 2 aliphatic rings. The molecule has 0 saturated heterocycles. The van der Waals surface area contributed by atoms with Gasteiger partial charge in [-0.1, -0.05) is 46.3 Å². The Kier molecular flexibility index (Phi) is 6.22. The van der Waals surface area contributed by atoms with Crippen LogP contribution >= 0.6 is 15.9 Å². The van der Waals surface area contributed by atoms with Crippen molar-refractivity contribution >= 4 is 45.2 Å². The lowest BCUT2D eigenvalue weighted by Gasteiger charge is -2.36. The topological polar surface area (TPSA) is 117 Å². The molecule has 0 saturated carbocycles. The fraction of sp³-hybridized carbons (Fsp3) is 0.240. The van der Waals surface area contributed by atoms with E-state index in [1.54, 1.807) is 69.3 Å². The average molecular weight is 527 g/mol. The maximum atomic E-state index is 13.8. The molecule has 2 heterocycles. The maximum Gasteiger partial charge on any atom is 0.341 e.